The molecule has 5 nitrogen and oxygen atoms in total. The number of aliphatic imine (C=N–C) groups is 1. The number of hydrogen-bond donors (Lipinski definition) is 2. The first-order chi connectivity index (χ1) is 14.2. The lowest BCUT2D eigenvalue weighted by atomic mass is 10.1. The fraction of sp³-hybridized carbons (Fsp3) is 0.409. The predicted octanol–water partition coefficient (Wildman–Crippen LogP) is 4.48. The fourth-order valence-corrected chi connectivity index (χ4v) is 2.89. The van der Waals surface area contributed by atoms with Crippen LogP contribution in [0, 0.1) is 6.92 Å². The number of alkyl halides is 3. The summed E-state index contributed by atoms with van der Waals surface area (Å²) < 4.78 is 42.6. The zero-order chi connectivity index (χ0) is 22.1. The van der Waals surface area contributed by atoms with Gasteiger partial charge in [0.05, 0.1) is 0 Å². The number of hydrogen-bond acceptors (Lipinski definition) is 3. The molecule has 0 spiro atoms. The monoisotopic (exact) mass is 550 g/mol. The van der Waals surface area contributed by atoms with E-state index in [9.17, 15) is 13.2 Å². The molecular formula is C22H30F3IN4O. The first-order valence-electron chi connectivity index (χ1n) is 9.62. The number of halogens is 4. The van der Waals surface area contributed by atoms with E-state index in [4.69, 9.17) is 4.74 Å². The maximum absolute atomic E-state index is 12.5. The molecule has 0 radical (unpaired) electrons. The number of nitrogens with zero attached hydrogens (tertiary/aromatic N) is 2. The van der Waals surface area contributed by atoms with Crippen LogP contribution in [-0.4, -0.2) is 44.8 Å². The summed E-state index contributed by atoms with van der Waals surface area (Å²) in [6, 6.07) is 13.5. The molecule has 0 aliphatic carbocycles. The topological polar surface area (TPSA) is 48.9 Å². The molecule has 0 heterocycles. The second kappa shape index (κ2) is 12.7. The number of aryl methyl sites for hydroxylation is 1. The van der Waals surface area contributed by atoms with Gasteiger partial charge in [0.25, 0.3) is 0 Å². The van der Waals surface area contributed by atoms with Gasteiger partial charge in [0.1, 0.15) is 5.75 Å². The summed E-state index contributed by atoms with van der Waals surface area (Å²) >= 11 is 0. The van der Waals surface area contributed by atoms with Crippen molar-refractivity contribution in [1.82, 2.24) is 15.5 Å². The van der Waals surface area contributed by atoms with Gasteiger partial charge in [0.2, 0.25) is 0 Å². The molecule has 172 valence electrons. The van der Waals surface area contributed by atoms with Gasteiger partial charge in [0.15, 0.2) is 12.6 Å². The second-order valence-electron chi connectivity index (χ2n) is 7.35. The van der Waals surface area contributed by atoms with Gasteiger partial charge in [-0.3, -0.25) is 4.99 Å². The second-order valence-corrected chi connectivity index (χ2v) is 7.35. The lowest BCUT2D eigenvalue weighted by molar-refractivity contribution is -0.153. The molecule has 31 heavy (non-hydrogen) atoms. The van der Waals surface area contributed by atoms with E-state index in [0.29, 0.717) is 18.1 Å². The molecule has 0 aliphatic rings. The lowest BCUT2D eigenvalue weighted by Gasteiger charge is -2.16. The minimum atomic E-state index is -4.38. The number of nitrogens with one attached hydrogen (secondary N) is 2. The van der Waals surface area contributed by atoms with Crippen molar-refractivity contribution in [3.8, 4) is 5.75 Å². The van der Waals surface area contributed by atoms with Crippen LogP contribution >= 0.6 is 24.0 Å². The molecule has 2 N–H and O–H groups in total. The maximum Gasteiger partial charge on any atom is 0.422 e. The molecule has 0 saturated carbocycles. The summed E-state index contributed by atoms with van der Waals surface area (Å²) in [5, 5.41) is 6.36. The Labute approximate surface area is 199 Å². The summed E-state index contributed by atoms with van der Waals surface area (Å²) in [6.07, 6.45) is -4.38. The van der Waals surface area contributed by atoms with E-state index in [1.807, 2.05) is 39.2 Å². The zero-order valence-corrected chi connectivity index (χ0v) is 20.5. The van der Waals surface area contributed by atoms with Crippen LogP contribution in [-0.2, 0) is 19.6 Å². The van der Waals surface area contributed by atoms with Crippen LogP contribution in [0.2, 0.25) is 0 Å². The Morgan fingerprint density at radius 1 is 1.03 bits per heavy atom. The molecule has 2 aromatic carbocycles. The molecule has 0 saturated heterocycles. The van der Waals surface area contributed by atoms with Crippen molar-refractivity contribution >= 4 is 29.9 Å². The molecule has 0 amide bonds. The summed E-state index contributed by atoms with van der Waals surface area (Å²) in [6.45, 7) is 2.21. The lowest BCUT2D eigenvalue weighted by Crippen LogP contribution is -2.36. The van der Waals surface area contributed by atoms with Gasteiger partial charge in [0, 0.05) is 32.2 Å². The van der Waals surface area contributed by atoms with Gasteiger partial charge in [-0.1, -0.05) is 36.4 Å². The van der Waals surface area contributed by atoms with Crippen molar-refractivity contribution in [3.05, 3.63) is 64.7 Å². The smallest absolute Gasteiger partial charge is 0.422 e. The number of guanidine groups is 1. The molecule has 0 aliphatic heterocycles. The minimum Gasteiger partial charge on any atom is -0.484 e. The highest BCUT2D eigenvalue weighted by Crippen LogP contribution is 2.23. The van der Waals surface area contributed by atoms with Crippen molar-refractivity contribution in [2.24, 2.45) is 4.99 Å². The van der Waals surface area contributed by atoms with Crippen LogP contribution < -0.4 is 15.4 Å². The fourth-order valence-electron chi connectivity index (χ4n) is 2.89. The van der Waals surface area contributed by atoms with E-state index >= 15 is 0 Å². The highest BCUT2D eigenvalue weighted by molar-refractivity contribution is 14.0. The van der Waals surface area contributed by atoms with Crippen LogP contribution in [0.5, 0.6) is 5.75 Å². The van der Waals surface area contributed by atoms with Crippen molar-refractivity contribution in [1.29, 1.82) is 0 Å². The van der Waals surface area contributed by atoms with Crippen LogP contribution in [0.25, 0.3) is 0 Å². The maximum atomic E-state index is 12.5. The predicted molar refractivity (Wildman–Crippen MR) is 129 cm³/mol. The quantitative estimate of drug-likeness (QED) is 0.289. The standard InChI is InChI=1S/C22H29F3N4O.HI/c1-16-8-9-19(20(10-16)30-15-22(23,24)25)13-28-21(26-2)27-12-17-6-5-7-18(11-17)14-29(3)4;/h5-11H,12-15H2,1-4H3,(H2,26,27,28);1H. The molecule has 0 aromatic heterocycles. The van der Waals surface area contributed by atoms with Crippen molar-refractivity contribution in [2.75, 3.05) is 27.7 Å². The van der Waals surface area contributed by atoms with Crippen molar-refractivity contribution in [2.45, 2.75) is 32.7 Å². The number of benzene rings is 2. The Morgan fingerprint density at radius 2 is 1.71 bits per heavy atom. The SMILES string of the molecule is CN=C(NCc1cccc(CN(C)C)c1)NCc1ccc(C)cc1OCC(F)(F)F.I. The Balaban J connectivity index is 0.00000480. The number of ether oxygens (including phenoxy) is 1. The summed E-state index contributed by atoms with van der Waals surface area (Å²) in [5.41, 5.74) is 3.78. The van der Waals surface area contributed by atoms with Crippen molar-refractivity contribution in [3.63, 3.8) is 0 Å². The Kier molecular flexibility index (Phi) is 11.1. The summed E-state index contributed by atoms with van der Waals surface area (Å²) in [5.74, 6) is 0.766. The van der Waals surface area contributed by atoms with Crippen LogP contribution in [0.15, 0.2) is 47.5 Å². The van der Waals surface area contributed by atoms with Gasteiger partial charge < -0.3 is 20.3 Å². The minimum absolute atomic E-state index is 0. The van der Waals surface area contributed by atoms with E-state index in [1.165, 1.54) is 5.56 Å². The summed E-state index contributed by atoms with van der Waals surface area (Å²) in [4.78, 5) is 6.29. The largest absolute Gasteiger partial charge is 0.484 e. The van der Waals surface area contributed by atoms with Gasteiger partial charge in [-0.2, -0.15) is 13.2 Å². The molecule has 2 aromatic rings. The summed E-state index contributed by atoms with van der Waals surface area (Å²) in [7, 11) is 5.69. The Morgan fingerprint density at radius 3 is 2.35 bits per heavy atom. The Hall–Kier alpha value is -2.01. The van der Waals surface area contributed by atoms with E-state index in [-0.39, 0.29) is 36.3 Å². The van der Waals surface area contributed by atoms with Gasteiger partial charge in [-0.25, -0.2) is 0 Å². The Bertz CT molecular complexity index is 857. The highest BCUT2D eigenvalue weighted by atomic mass is 127. The molecular weight excluding hydrogens is 520 g/mol. The third-order valence-electron chi connectivity index (χ3n) is 4.23. The first-order valence-corrected chi connectivity index (χ1v) is 9.62. The van der Waals surface area contributed by atoms with E-state index in [2.05, 4.69) is 32.7 Å². The van der Waals surface area contributed by atoms with Gasteiger partial charge >= 0.3 is 6.18 Å². The molecule has 0 bridgehead atoms. The first kappa shape index (κ1) is 27.0. The van der Waals surface area contributed by atoms with Gasteiger partial charge in [-0.05, 0) is 43.8 Å². The van der Waals surface area contributed by atoms with E-state index in [1.54, 1.807) is 19.2 Å². The highest BCUT2D eigenvalue weighted by Gasteiger charge is 2.28. The van der Waals surface area contributed by atoms with Crippen LogP contribution in [0.1, 0.15) is 22.3 Å². The van der Waals surface area contributed by atoms with Gasteiger partial charge in [-0.15, -0.1) is 24.0 Å². The number of rotatable bonds is 8. The normalized spacial score (nSPS) is 11.8. The van der Waals surface area contributed by atoms with Crippen molar-refractivity contribution < 1.29 is 17.9 Å². The zero-order valence-electron chi connectivity index (χ0n) is 18.2. The average molecular weight is 550 g/mol. The van der Waals surface area contributed by atoms with E-state index in [0.717, 1.165) is 17.7 Å². The molecule has 0 fully saturated rings. The third kappa shape index (κ3) is 10.2. The molecule has 2 rings (SSSR count). The van der Waals surface area contributed by atoms with Crippen LogP contribution in [0.3, 0.4) is 0 Å². The molecule has 9 heteroatoms. The van der Waals surface area contributed by atoms with Crippen LogP contribution in [0.4, 0.5) is 13.2 Å². The molecule has 0 unspecified atom stereocenters. The molecule has 0 atom stereocenters. The third-order valence-corrected chi connectivity index (χ3v) is 4.23. The van der Waals surface area contributed by atoms with E-state index < -0.39 is 12.8 Å². The average Bonchev–Trinajstić information content (AvgIpc) is 2.67.